The molecular formula is C25H23N3O2. The van der Waals surface area contributed by atoms with Crippen LogP contribution in [0.5, 0.6) is 0 Å². The summed E-state index contributed by atoms with van der Waals surface area (Å²) in [4.78, 5) is 28.7. The van der Waals surface area contributed by atoms with Crippen molar-refractivity contribution in [1.29, 1.82) is 0 Å². The van der Waals surface area contributed by atoms with Gasteiger partial charge in [0.2, 0.25) is 5.91 Å². The van der Waals surface area contributed by atoms with Crippen LogP contribution < -0.4 is 10.6 Å². The van der Waals surface area contributed by atoms with Gasteiger partial charge in [-0.05, 0) is 36.2 Å². The number of nitrogens with one attached hydrogen (secondary N) is 3. The lowest BCUT2D eigenvalue weighted by molar-refractivity contribution is -0.115. The highest BCUT2D eigenvalue weighted by molar-refractivity contribution is 6.04. The number of carbonyl (C=O) groups is 2. The van der Waals surface area contributed by atoms with Crippen LogP contribution in [-0.4, -0.2) is 16.8 Å². The lowest BCUT2D eigenvalue weighted by atomic mass is 10.1. The van der Waals surface area contributed by atoms with Crippen molar-refractivity contribution in [3.05, 3.63) is 102 Å². The first kappa shape index (κ1) is 19.5. The average Bonchev–Trinajstić information content (AvgIpc) is 3.17. The van der Waals surface area contributed by atoms with Crippen molar-refractivity contribution in [3.63, 3.8) is 0 Å². The van der Waals surface area contributed by atoms with E-state index < -0.39 is 0 Å². The number of para-hydroxylation sites is 2. The minimum Gasteiger partial charge on any atom is -0.361 e. The predicted molar refractivity (Wildman–Crippen MR) is 119 cm³/mol. The number of benzene rings is 3. The molecule has 3 N–H and O–H groups in total. The number of carbonyl (C=O) groups excluding carboxylic acids is 2. The molecule has 0 aliphatic carbocycles. The summed E-state index contributed by atoms with van der Waals surface area (Å²) in [7, 11) is 0. The van der Waals surface area contributed by atoms with Gasteiger partial charge >= 0.3 is 0 Å². The molecule has 0 aliphatic heterocycles. The molecule has 0 spiro atoms. The maximum Gasteiger partial charge on any atom is 0.253 e. The molecule has 3 aromatic carbocycles. The van der Waals surface area contributed by atoms with Crippen molar-refractivity contribution >= 4 is 28.4 Å². The number of anilines is 1. The highest BCUT2D eigenvalue weighted by Crippen LogP contribution is 2.21. The van der Waals surface area contributed by atoms with Crippen molar-refractivity contribution in [2.45, 2.75) is 19.4 Å². The molecule has 0 radical (unpaired) electrons. The van der Waals surface area contributed by atoms with Crippen LogP contribution in [0.25, 0.3) is 10.9 Å². The number of amides is 2. The fraction of sp³-hybridized carbons (Fsp3) is 0.120. The Labute approximate surface area is 175 Å². The first-order valence-electron chi connectivity index (χ1n) is 9.91. The van der Waals surface area contributed by atoms with E-state index in [0.29, 0.717) is 11.3 Å². The third-order valence-electron chi connectivity index (χ3n) is 5.12. The van der Waals surface area contributed by atoms with E-state index in [2.05, 4.69) is 15.6 Å². The zero-order valence-corrected chi connectivity index (χ0v) is 16.7. The summed E-state index contributed by atoms with van der Waals surface area (Å²) in [6.45, 7) is 1.94. The molecule has 0 bridgehead atoms. The SMILES string of the molecule is CC(NC(=O)c1ccccc1NC(=O)Cc1c[nH]c2ccccc12)c1ccccc1. The zero-order chi connectivity index (χ0) is 20.9. The molecule has 1 unspecified atom stereocenters. The van der Waals surface area contributed by atoms with Gasteiger partial charge in [-0.3, -0.25) is 9.59 Å². The van der Waals surface area contributed by atoms with E-state index in [9.17, 15) is 9.59 Å². The average molecular weight is 397 g/mol. The minimum atomic E-state index is -0.227. The third kappa shape index (κ3) is 4.25. The van der Waals surface area contributed by atoms with Gasteiger partial charge in [-0.25, -0.2) is 0 Å². The second-order valence-electron chi connectivity index (χ2n) is 7.24. The zero-order valence-electron chi connectivity index (χ0n) is 16.7. The van der Waals surface area contributed by atoms with Crippen LogP contribution in [0.4, 0.5) is 5.69 Å². The Morgan fingerprint density at radius 2 is 1.60 bits per heavy atom. The van der Waals surface area contributed by atoms with Gasteiger partial charge in [-0.15, -0.1) is 0 Å². The fourth-order valence-electron chi connectivity index (χ4n) is 3.53. The number of rotatable bonds is 6. The van der Waals surface area contributed by atoms with Gasteiger partial charge in [0.05, 0.1) is 23.7 Å². The van der Waals surface area contributed by atoms with E-state index in [-0.39, 0.29) is 24.3 Å². The van der Waals surface area contributed by atoms with E-state index in [0.717, 1.165) is 22.0 Å². The van der Waals surface area contributed by atoms with Crippen LogP contribution in [0.1, 0.15) is 34.5 Å². The highest BCUT2D eigenvalue weighted by Gasteiger charge is 2.16. The van der Waals surface area contributed by atoms with Gasteiger partial charge in [-0.1, -0.05) is 60.7 Å². The molecule has 0 saturated carbocycles. The van der Waals surface area contributed by atoms with E-state index in [1.54, 1.807) is 24.3 Å². The molecular weight excluding hydrogens is 374 g/mol. The molecule has 150 valence electrons. The molecule has 4 rings (SSSR count). The molecule has 5 nitrogen and oxygen atoms in total. The number of H-pyrrole nitrogens is 1. The number of aromatic amines is 1. The summed E-state index contributed by atoms with van der Waals surface area (Å²) < 4.78 is 0. The summed E-state index contributed by atoms with van der Waals surface area (Å²) in [5.74, 6) is -0.398. The molecule has 2 amide bonds. The molecule has 0 saturated heterocycles. The smallest absolute Gasteiger partial charge is 0.253 e. The molecule has 30 heavy (non-hydrogen) atoms. The normalized spacial score (nSPS) is 11.8. The van der Waals surface area contributed by atoms with Crippen LogP contribution in [0.2, 0.25) is 0 Å². The Morgan fingerprint density at radius 3 is 2.43 bits per heavy atom. The van der Waals surface area contributed by atoms with Gasteiger partial charge in [0.15, 0.2) is 0 Å². The summed E-state index contributed by atoms with van der Waals surface area (Å²) in [5, 5.41) is 6.92. The Morgan fingerprint density at radius 1 is 0.900 bits per heavy atom. The lowest BCUT2D eigenvalue weighted by Crippen LogP contribution is -2.28. The van der Waals surface area contributed by atoms with Crippen molar-refractivity contribution in [1.82, 2.24) is 10.3 Å². The number of hydrogen-bond donors (Lipinski definition) is 3. The highest BCUT2D eigenvalue weighted by atomic mass is 16.2. The number of aromatic nitrogens is 1. The number of hydrogen-bond acceptors (Lipinski definition) is 2. The lowest BCUT2D eigenvalue weighted by Gasteiger charge is -2.16. The second kappa shape index (κ2) is 8.66. The maximum absolute atomic E-state index is 12.9. The molecule has 4 aromatic rings. The van der Waals surface area contributed by atoms with Crippen molar-refractivity contribution in [2.24, 2.45) is 0 Å². The standard InChI is InChI=1S/C25H23N3O2/c1-17(18-9-3-2-4-10-18)27-25(30)21-12-6-8-14-23(21)28-24(29)15-19-16-26-22-13-7-5-11-20(19)22/h2-14,16-17,26H,15H2,1H3,(H,27,30)(H,28,29). The fourth-order valence-corrected chi connectivity index (χ4v) is 3.53. The molecule has 1 atom stereocenters. The first-order valence-corrected chi connectivity index (χ1v) is 9.91. The largest absolute Gasteiger partial charge is 0.361 e. The van der Waals surface area contributed by atoms with E-state index in [1.807, 2.05) is 67.7 Å². The summed E-state index contributed by atoms with van der Waals surface area (Å²) >= 11 is 0. The van der Waals surface area contributed by atoms with Gasteiger partial charge in [0.1, 0.15) is 0 Å². The second-order valence-corrected chi connectivity index (χ2v) is 7.24. The first-order chi connectivity index (χ1) is 14.6. The Balaban J connectivity index is 1.47. The van der Waals surface area contributed by atoms with Crippen molar-refractivity contribution < 1.29 is 9.59 Å². The summed E-state index contributed by atoms with van der Waals surface area (Å²) in [6, 6.07) is 24.5. The van der Waals surface area contributed by atoms with Gasteiger partial charge in [-0.2, -0.15) is 0 Å². The Bertz CT molecular complexity index is 1180. The van der Waals surface area contributed by atoms with Gasteiger partial charge in [0, 0.05) is 17.1 Å². The number of fused-ring (bicyclic) bond motifs is 1. The molecule has 0 fully saturated rings. The molecule has 5 heteroatoms. The van der Waals surface area contributed by atoms with Crippen molar-refractivity contribution in [2.75, 3.05) is 5.32 Å². The van der Waals surface area contributed by atoms with E-state index in [1.165, 1.54) is 0 Å². The molecule has 0 aliphatic rings. The van der Waals surface area contributed by atoms with Gasteiger partial charge < -0.3 is 15.6 Å². The minimum absolute atomic E-state index is 0.145. The van der Waals surface area contributed by atoms with E-state index >= 15 is 0 Å². The summed E-state index contributed by atoms with van der Waals surface area (Å²) in [5.41, 5.74) is 3.87. The van der Waals surface area contributed by atoms with E-state index in [4.69, 9.17) is 0 Å². The maximum atomic E-state index is 12.9. The summed E-state index contributed by atoms with van der Waals surface area (Å²) in [6.07, 6.45) is 2.07. The Hall–Kier alpha value is -3.86. The topological polar surface area (TPSA) is 74.0 Å². The monoisotopic (exact) mass is 397 g/mol. The van der Waals surface area contributed by atoms with Crippen molar-refractivity contribution in [3.8, 4) is 0 Å². The van der Waals surface area contributed by atoms with Crippen LogP contribution in [-0.2, 0) is 11.2 Å². The Kier molecular flexibility index (Phi) is 5.61. The van der Waals surface area contributed by atoms with Crippen LogP contribution in [0.15, 0.2) is 85.1 Å². The quantitative estimate of drug-likeness (QED) is 0.435. The molecule has 1 aromatic heterocycles. The van der Waals surface area contributed by atoms with Crippen LogP contribution in [0.3, 0.4) is 0 Å². The van der Waals surface area contributed by atoms with Gasteiger partial charge in [0.25, 0.3) is 5.91 Å². The third-order valence-corrected chi connectivity index (χ3v) is 5.12. The van der Waals surface area contributed by atoms with Crippen LogP contribution >= 0.6 is 0 Å². The molecule has 1 heterocycles. The van der Waals surface area contributed by atoms with Crippen LogP contribution in [0, 0.1) is 0 Å². The predicted octanol–water partition coefficient (Wildman–Crippen LogP) is 4.84.